The van der Waals surface area contributed by atoms with Crippen LogP contribution in [0.15, 0.2) is 18.2 Å². The lowest BCUT2D eigenvalue weighted by Gasteiger charge is -2.23. The number of ether oxygens (including phenoxy) is 2. The van der Waals surface area contributed by atoms with Crippen molar-refractivity contribution in [3.8, 4) is 5.75 Å². The van der Waals surface area contributed by atoms with Crippen LogP contribution < -0.4 is 5.32 Å². The third kappa shape index (κ3) is 3.66. The van der Waals surface area contributed by atoms with Crippen molar-refractivity contribution < 1.29 is 19.0 Å². The molecule has 2 rings (SSSR count). The van der Waals surface area contributed by atoms with Crippen LogP contribution in [0.2, 0.25) is 0 Å². The summed E-state index contributed by atoms with van der Waals surface area (Å²) in [6.07, 6.45) is 0.0273. The summed E-state index contributed by atoms with van der Waals surface area (Å²) in [6.45, 7) is 2.85. The molecule has 1 aliphatic heterocycles. The van der Waals surface area contributed by atoms with E-state index in [0.717, 1.165) is 0 Å². The van der Waals surface area contributed by atoms with Crippen molar-refractivity contribution in [1.82, 2.24) is 5.32 Å². The SMILES string of the molecule is Oc1ccc(F)cc1CNCC1COCCO1. The monoisotopic (exact) mass is 241 g/mol. The molecule has 5 heteroatoms. The van der Waals surface area contributed by atoms with Gasteiger partial charge in [-0.05, 0) is 18.2 Å². The van der Waals surface area contributed by atoms with E-state index in [1.54, 1.807) is 0 Å². The number of hydrogen-bond donors (Lipinski definition) is 2. The number of hydrogen-bond acceptors (Lipinski definition) is 4. The average Bonchev–Trinajstić information content (AvgIpc) is 2.35. The number of phenolic OH excluding ortho intramolecular Hbond substituents is 1. The topological polar surface area (TPSA) is 50.7 Å². The van der Waals surface area contributed by atoms with Crippen LogP contribution in [0.4, 0.5) is 4.39 Å². The standard InChI is InChI=1S/C12H16FNO3/c13-10-1-2-12(15)9(5-10)6-14-7-11-8-16-3-4-17-11/h1-2,5,11,14-15H,3-4,6-8H2. The molecular weight excluding hydrogens is 225 g/mol. The zero-order valence-electron chi connectivity index (χ0n) is 9.49. The zero-order chi connectivity index (χ0) is 12.1. The number of benzene rings is 1. The molecule has 0 saturated carbocycles. The summed E-state index contributed by atoms with van der Waals surface area (Å²) < 4.78 is 23.6. The van der Waals surface area contributed by atoms with Gasteiger partial charge in [0.1, 0.15) is 11.6 Å². The number of nitrogens with one attached hydrogen (secondary N) is 1. The summed E-state index contributed by atoms with van der Waals surface area (Å²) in [4.78, 5) is 0. The summed E-state index contributed by atoms with van der Waals surface area (Å²) in [5.74, 6) is -0.253. The smallest absolute Gasteiger partial charge is 0.123 e. The van der Waals surface area contributed by atoms with E-state index in [2.05, 4.69) is 5.32 Å². The predicted octanol–water partition coefficient (Wildman–Crippen LogP) is 1.04. The highest BCUT2D eigenvalue weighted by Gasteiger charge is 2.13. The van der Waals surface area contributed by atoms with Gasteiger partial charge in [0.2, 0.25) is 0 Å². The quantitative estimate of drug-likeness (QED) is 0.827. The molecule has 17 heavy (non-hydrogen) atoms. The van der Waals surface area contributed by atoms with Gasteiger partial charge in [-0.2, -0.15) is 0 Å². The van der Waals surface area contributed by atoms with Crippen LogP contribution in [-0.2, 0) is 16.0 Å². The van der Waals surface area contributed by atoms with Crippen molar-refractivity contribution in [1.29, 1.82) is 0 Å². The van der Waals surface area contributed by atoms with Crippen molar-refractivity contribution in [2.24, 2.45) is 0 Å². The minimum Gasteiger partial charge on any atom is -0.508 e. The maximum Gasteiger partial charge on any atom is 0.123 e. The van der Waals surface area contributed by atoms with Crippen LogP contribution in [0.1, 0.15) is 5.56 Å². The van der Waals surface area contributed by atoms with Crippen molar-refractivity contribution in [2.45, 2.75) is 12.6 Å². The van der Waals surface area contributed by atoms with Crippen LogP contribution >= 0.6 is 0 Å². The lowest BCUT2D eigenvalue weighted by molar-refractivity contribution is -0.0864. The summed E-state index contributed by atoms with van der Waals surface area (Å²) in [6, 6.07) is 3.91. The molecule has 1 fully saturated rings. The fraction of sp³-hybridized carbons (Fsp3) is 0.500. The highest BCUT2D eigenvalue weighted by molar-refractivity contribution is 5.32. The minimum atomic E-state index is -0.350. The van der Waals surface area contributed by atoms with E-state index in [9.17, 15) is 9.50 Å². The fourth-order valence-electron chi connectivity index (χ4n) is 1.72. The Hall–Kier alpha value is -1.17. The molecule has 0 aliphatic carbocycles. The largest absolute Gasteiger partial charge is 0.508 e. The molecule has 1 aliphatic rings. The van der Waals surface area contributed by atoms with E-state index in [1.807, 2.05) is 0 Å². The van der Waals surface area contributed by atoms with Crippen LogP contribution in [0.5, 0.6) is 5.75 Å². The van der Waals surface area contributed by atoms with E-state index < -0.39 is 0 Å². The first-order valence-corrected chi connectivity index (χ1v) is 5.63. The molecule has 1 aromatic rings. The summed E-state index contributed by atoms with van der Waals surface area (Å²) in [7, 11) is 0. The molecule has 0 aromatic heterocycles. The van der Waals surface area contributed by atoms with Crippen molar-refractivity contribution in [2.75, 3.05) is 26.4 Å². The molecular formula is C12H16FNO3. The number of halogens is 1. The van der Waals surface area contributed by atoms with Gasteiger partial charge in [-0.25, -0.2) is 4.39 Å². The van der Waals surface area contributed by atoms with Crippen LogP contribution in [0.25, 0.3) is 0 Å². The van der Waals surface area contributed by atoms with Crippen LogP contribution in [-0.4, -0.2) is 37.6 Å². The van der Waals surface area contributed by atoms with E-state index in [1.165, 1.54) is 18.2 Å². The second-order valence-corrected chi connectivity index (χ2v) is 3.97. The lowest BCUT2D eigenvalue weighted by atomic mass is 10.2. The van der Waals surface area contributed by atoms with Gasteiger partial charge in [0.15, 0.2) is 0 Å². The van der Waals surface area contributed by atoms with E-state index in [-0.39, 0.29) is 17.7 Å². The van der Waals surface area contributed by atoms with Gasteiger partial charge in [0, 0.05) is 18.7 Å². The van der Waals surface area contributed by atoms with E-state index >= 15 is 0 Å². The molecule has 1 heterocycles. The molecule has 1 aromatic carbocycles. The Labute approximate surface area is 99.4 Å². The predicted molar refractivity (Wildman–Crippen MR) is 60.3 cm³/mol. The Bertz CT molecular complexity index is 367. The first-order valence-electron chi connectivity index (χ1n) is 5.63. The molecule has 1 unspecified atom stereocenters. The number of aromatic hydroxyl groups is 1. The summed E-state index contributed by atoms with van der Waals surface area (Å²) >= 11 is 0. The van der Waals surface area contributed by atoms with Gasteiger partial charge < -0.3 is 19.9 Å². The zero-order valence-corrected chi connectivity index (χ0v) is 9.49. The van der Waals surface area contributed by atoms with Gasteiger partial charge >= 0.3 is 0 Å². The maximum absolute atomic E-state index is 12.9. The molecule has 2 N–H and O–H groups in total. The first kappa shape index (κ1) is 12.3. The summed E-state index contributed by atoms with van der Waals surface area (Å²) in [5, 5.41) is 12.6. The highest BCUT2D eigenvalue weighted by Crippen LogP contribution is 2.17. The average molecular weight is 241 g/mol. The first-order chi connectivity index (χ1) is 8.25. The fourth-order valence-corrected chi connectivity index (χ4v) is 1.72. The normalized spacial score (nSPS) is 20.4. The Balaban J connectivity index is 1.79. The lowest BCUT2D eigenvalue weighted by Crippen LogP contribution is -2.37. The Morgan fingerprint density at radius 3 is 3.06 bits per heavy atom. The third-order valence-electron chi connectivity index (χ3n) is 2.61. The molecule has 1 atom stereocenters. The Morgan fingerprint density at radius 1 is 1.41 bits per heavy atom. The molecule has 4 nitrogen and oxygen atoms in total. The molecule has 0 bridgehead atoms. The van der Waals surface area contributed by atoms with Gasteiger partial charge in [0.05, 0.1) is 25.9 Å². The highest BCUT2D eigenvalue weighted by atomic mass is 19.1. The van der Waals surface area contributed by atoms with Crippen molar-refractivity contribution in [3.05, 3.63) is 29.6 Å². The van der Waals surface area contributed by atoms with E-state index in [4.69, 9.17) is 9.47 Å². The molecule has 0 radical (unpaired) electrons. The van der Waals surface area contributed by atoms with Crippen LogP contribution in [0.3, 0.4) is 0 Å². The number of rotatable bonds is 4. The number of phenols is 1. The maximum atomic E-state index is 12.9. The van der Waals surface area contributed by atoms with Gasteiger partial charge in [0.25, 0.3) is 0 Å². The van der Waals surface area contributed by atoms with Crippen molar-refractivity contribution in [3.63, 3.8) is 0 Å². The molecule has 0 spiro atoms. The Morgan fingerprint density at radius 2 is 2.29 bits per heavy atom. The summed E-state index contributed by atoms with van der Waals surface area (Å²) in [5.41, 5.74) is 0.543. The molecule has 94 valence electrons. The Kier molecular flexibility index (Phi) is 4.30. The minimum absolute atomic E-state index is 0.0273. The third-order valence-corrected chi connectivity index (χ3v) is 2.61. The molecule has 0 amide bonds. The second-order valence-electron chi connectivity index (χ2n) is 3.97. The second kappa shape index (κ2) is 5.95. The van der Waals surface area contributed by atoms with E-state index in [0.29, 0.717) is 38.5 Å². The molecule has 1 saturated heterocycles. The van der Waals surface area contributed by atoms with Gasteiger partial charge in [-0.15, -0.1) is 0 Å². The van der Waals surface area contributed by atoms with Gasteiger partial charge in [-0.3, -0.25) is 0 Å². The van der Waals surface area contributed by atoms with Gasteiger partial charge in [-0.1, -0.05) is 0 Å². The van der Waals surface area contributed by atoms with Crippen molar-refractivity contribution >= 4 is 0 Å². The van der Waals surface area contributed by atoms with Crippen LogP contribution in [0, 0.1) is 5.82 Å².